The molecule has 0 saturated carbocycles. The molecule has 5 nitrogen and oxygen atoms in total. The van der Waals surface area contributed by atoms with Crippen molar-refractivity contribution in [2.24, 2.45) is 0 Å². The van der Waals surface area contributed by atoms with E-state index in [9.17, 15) is 8.42 Å². The Balaban J connectivity index is 2.99. The second kappa shape index (κ2) is 5.92. The third kappa shape index (κ3) is 3.26. The van der Waals surface area contributed by atoms with Crippen molar-refractivity contribution in [3.8, 4) is 0 Å². The zero-order valence-electron chi connectivity index (χ0n) is 10.1. The van der Waals surface area contributed by atoms with E-state index in [1.54, 1.807) is 6.92 Å². The van der Waals surface area contributed by atoms with Crippen molar-refractivity contribution in [3.63, 3.8) is 0 Å². The van der Waals surface area contributed by atoms with E-state index in [0.29, 0.717) is 22.9 Å². The maximum absolute atomic E-state index is 12.2. The van der Waals surface area contributed by atoms with E-state index < -0.39 is 10.0 Å². The minimum atomic E-state index is -3.48. The highest BCUT2D eigenvalue weighted by molar-refractivity contribution is 7.89. The number of rotatable bonds is 6. The van der Waals surface area contributed by atoms with E-state index >= 15 is 0 Å². The van der Waals surface area contributed by atoms with E-state index in [2.05, 4.69) is 0 Å². The van der Waals surface area contributed by atoms with Crippen molar-refractivity contribution in [3.05, 3.63) is 15.8 Å². The van der Waals surface area contributed by atoms with Gasteiger partial charge in [0.25, 0.3) is 0 Å². The average Bonchev–Trinajstić information content (AvgIpc) is 2.67. The standard InChI is InChI=1S/C10H17NO4S2/c1-8-10(6-9(7-12)16-8)17(13,14)11(2)4-5-15-3/h6,12H,4-5,7H2,1-3H3. The Morgan fingerprint density at radius 1 is 1.53 bits per heavy atom. The number of methoxy groups -OCH3 is 1. The molecule has 0 atom stereocenters. The van der Waals surface area contributed by atoms with Crippen molar-refractivity contribution < 1.29 is 18.3 Å². The van der Waals surface area contributed by atoms with Gasteiger partial charge in [-0.05, 0) is 13.0 Å². The van der Waals surface area contributed by atoms with E-state index in [-0.39, 0.29) is 11.5 Å². The number of hydrogen-bond donors (Lipinski definition) is 1. The molecule has 1 N–H and O–H groups in total. The molecule has 0 aromatic carbocycles. The minimum Gasteiger partial charge on any atom is -0.391 e. The van der Waals surface area contributed by atoms with Gasteiger partial charge in [0.1, 0.15) is 0 Å². The van der Waals surface area contributed by atoms with Crippen LogP contribution in [0.15, 0.2) is 11.0 Å². The molecule has 0 aliphatic carbocycles. The third-order valence-electron chi connectivity index (χ3n) is 2.38. The van der Waals surface area contributed by atoms with Gasteiger partial charge in [0, 0.05) is 30.5 Å². The van der Waals surface area contributed by atoms with Gasteiger partial charge in [-0.2, -0.15) is 4.31 Å². The molecule has 0 aliphatic rings. The van der Waals surface area contributed by atoms with Crippen LogP contribution in [-0.4, -0.2) is 45.1 Å². The van der Waals surface area contributed by atoms with Crippen molar-refractivity contribution in [2.75, 3.05) is 27.3 Å². The first-order chi connectivity index (χ1) is 7.93. The Hall–Kier alpha value is -0.470. The lowest BCUT2D eigenvalue weighted by Gasteiger charge is -2.16. The molecule has 0 fully saturated rings. The molecule has 98 valence electrons. The highest BCUT2D eigenvalue weighted by Gasteiger charge is 2.24. The van der Waals surface area contributed by atoms with Gasteiger partial charge in [0.05, 0.1) is 18.1 Å². The predicted octanol–water partition coefficient (Wildman–Crippen LogP) is 0.816. The van der Waals surface area contributed by atoms with E-state index in [4.69, 9.17) is 9.84 Å². The van der Waals surface area contributed by atoms with Crippen LogP contribution in [0.4, 0.5) is 0 Å². The number of aliphatic hydroxyl groups excluding tert-OH is 1. The number of thiophene rings is 1. The summed E-state index contributed by atoms with van der Waals surface area (Å²) in [5, 5.41) is 9.00. The topological polar surface area (TPSA) is 66.8 Å². The van der Waals surface area contributed by atoms with Crippen LogP contribution in [0, 0.1) is 6.92 Å². The molecule has 1 aromatic rings. The fourth-order valence-electron chi connectivity index (χ4n) is 1.37. The monoisotopic (exact) mass is 279 g/mol. The summed E-state index contributed by atoms with van der Waals surface area (Å²) < 4.78 is 30.5. The molecule has 17 heavy (non-hydrogen) atoms. The lowest BCUT2D eigenvalue weighted by molar-refractivity contribution is 0.185. The van der Waals surface area contributed by atoms with Crippen LogP contribution in [0.25, 0.3) is 0 Å². The zero-order chi connectivity index (χ0) is 13.1. The van der Waals surface area contributed by atoms with Gasteiger partial charge in [-0.1, -0.05) is 0 Å². The summed E-state index contributed by atoms with van der Waals surface area (Å²) in [7, 11) is -0.433. The second-order valence-corrected chi connectivity index (χ2v) is 6.96. The Labute approximate surface area is 106 Å². The van der Waals surface area contributed by atoms with Crippen LogP contribution in [0.3, 0.4) is 0 Å². The molecular weight excluding hydrogens is 262 g/mol. The zero-order valence-corrected chi connectivity index (χ0v) is 11.8. The van der Waals surface area contributed by atoms with Gasteiger partial charge in [-0.25, -0.2) is 8.42 Å². The lowest BCUT2D eigenvalue weighted by atomic mass is 10.4. The summed E-state index contributed by atoms with van der Waals surface area (Å²) in [6.45, 7) is 2.26. The van der Waals surface area contributed by atoms with Gasteiger partial charge in [0.2, 0.25) is 10.0 Å². The summed E-state index contributed by atoms with van der Waals surface area (Å²) in [6.07, 6.45) is 0. The molecular formula is C10H17NO4S2. The molecule has 1 heterocycles. The molecule has 1 rings (SSSR count). The molecule has 0 radical (unpaired) electrons. The summed E-state index contributed by atoms with van der Waals surface area (Å²) in [5.74, 6) is 0. The number of nitrogens with zero attached hydrogens (tertiary/aromatic N) is 1. The van der Waals surface area contributed by atoms with Gasteiger partial charge in [0.15, 0.2) is 0 Å². The smallest absolute Gasteiger partial charge is 0.244 e. The first-order valence-electron chi connectivity index (χ1n) is 5.09. The van der Waals surface area contributed by atoms with Crippen LogP contribution >= 0.6 is 11.3 Å². The maximum Gasteiger partial charge on any atom is 0.244 e. The van der Waals surface area contributed by atoms with Crippen molar-refractivity contribution in [1.82, 2.24) is 4.31 Å². The Morgan fingerprint density at radius 3 is 2.65 bits per heavy atom. The highest BCUT2D eigenvalue weighted by Crippen LogP contribution is 2.27. The predicted molar refractivity (Wildman–Crippen MR) is 66.7 cm³/mol. The first kappa shape index (κ1) is 14.6. The summed E-state index contributed by atoms with van der Waals surface area (Å²) in [5.41, 5.74) is 0. The van der Waals surface area contributed by atoms with Crippen molar-refractivity contribution >= 4 is 21.4 Å². The van der Waals surface area contributed by atoms with E-state index in [1.807, 2.05) is 0 Å². The lowest BCUT2D eigenvalue weighted by Crippen LogP contribution is -2.30. The van der Waals surface area contributed by atoms with Gasteiger partial charge >= 0.3 is 0 Å². The highest BCUT2D eigenvalue weighted by atomic mass is 32.2. The quantitative estimate of drug-likeness (QED) is 0.837. The van der Waals surface area contributed by atoms with Crippen LogP contribution in [-0.2, 0) is 21.4 Å². The average molecular weight is 279 g/mol. The van der Waals surface area contributed by atoms with Crippen LogP contribution < -0.4 is 0 Å². The van der Waals surface area contributed by atoms with Gasteiger partial charge in [-0.3, -0.25) is 0 Å². The largest absolute Gasteiger partial charge is 0.391 e. The Morgan fingerprint density at radius 2 is 2.18 bits per heavy atom. The number of aryl methyl sites for hydroxylation is 1. The molecule has 0 bridgehead atoms. The number of likely N-dealkylation sites (N-methyl/N-ethyl adjacent to an activating group) is 1. The molecule has 0 spiro atoms. The third-order valence-corrected chi connectivity index (χ3v) is 5.53. The van der Waals surface area contributed by atoms with E-state index in [0.717, 1.165) is 0 Å². The Kier molecular flexibility index (Phi) is 5.08. The minimum absolute atomic E-state index is 0.136. The maximum atomic E-state index is 12.2. The van der Waals surface area contributed by atoms with Crippen LogP contribution in [0.2, 0.25) is 0 Å². The van der Waals surface area contributed by atoms with Gasteiger partial charge < -0.3 is 9.84 Å². The SMILES string of the molecule is COCCN(C)S(=O)(=O)c1cc(CO)sc1C. The van der Waals surface area contributed by atoms with Crippen LogP contribution in [0.5, 0.6) is 0 Å². The first-order valence-corrected chi connectivity index (χ1v) is 7.34. The van der Waals surface area contributed by atoms with Crippen LogP contribution in [0.1, 0.15) is 9.75 Å². The second-order valence-electron chi connectivity index (χ2n) is 3.61. The van der Waals surface area contributed by atoms with Gasteiger partial charge in [-0.15, -0.1) is 11.3 Å². The van der Waals surface area contributed by atoms with E-state index in [1.165, 1.54) is 35.9 Å². The van der Waals surface area contributed by atoms with Crippen molar-refractivity contribution in [2.45, 2.75) is 18.4 Å². The summed E-state index contributed by atoms with van der Waals surface area (Å²) in [4.78, 5) is 1.62. The molecule has 1 aromatic heterocycles. The Bertz CT molecular complexity index is 467. The summed E-state index contributed by atoms with van der Waals surface area (Å²) in [6, 6.07) is 1.53. The molecule has 7 heteroatoms. The summed E-state index contributed by atoms with van der Waals surface area (Å²) >= 11 is 1.30. The molecule has 0 aliphatic heterocycles. The number of sulfonamides is 1. The van der Waals surface area contributed by atoms with Crippen molar-refractivity contribution in [1.29, 1.82) is 0 Å². The molecule has 0 unspecified atom stereocenters. The molecule has 0 amide bonds. The normalized spacial score (nSPS) is 12.3. The molecule has 0 saturated heterocycles. The number of aliphatic hydroxyl groups is 1. The number of ether oxygens (including phenoxy) is 1. The fraction of sp³-hybridized carbons (Fsp3) is 0.600. The number of hydrogen-bond acceptors (Lipinski definition) is 5. The fourth-order valence-corrected chi connectivity index (χ4v) is 3.98.